The Morgan fingerprint density at radius 3 is 1.94 bits per heavy atom. The Morgan fingerprint density at radius 1 is 1.12 bits per heavy atom. The van der Waals surface area contributed by atoms with Crippen LogP contribution < -0.4 is 16.4 Å². The van der Waals surface area contributed by atoms with Gasteiger partial charge in [0.05, 0.1) is 0 Å². The summed E-state index contributed by atoms with van der Waals surface area (Å²) in [7, 11) is 0. The molecule has 0 aliphatic heterocycles. The molecule has 0 saturated heterocycles. The summed E-state index contributed by atoms with van der Waals surface area (Å²) < 4.78 is 0. The van der Waals surface area contributed by atoms with E-state index in [1.54, 1.807) is 13.8 Å². The lowest BCUT2D eigenvalue weighted by atomic mass is 10.0. The molecule has 7 nitrogen and oxygen atoms in total. The average Bonchev–Trinajstić information content (AvgIpc) is 2.11. The first-order valence-corrected chi connectivity index (χ1v) is 4.84. The zero-order valence-corrected chi connectivity index (χ0v) is 9.48. The Labute approximate surface area is 93.4 Å². The number of hydrogen-bond acceptors (Lipinski definition) is 3. The number of nitrogens with one attached hydrogen (secondary N) is 2. The Balaban J connectivity index is 4.40. The van der Waals surface area contributed by atoms with Crippen LogP contribution >= 0.6 is 0 Å². The highest BCUT2D eigenvalue weighted by atomic mass is 16.4. The lowest BCUT2D eigenvalue weighted by molar-refractivity contribution is -0.143. The smallest absolute Gasteiger partial charge is 0.326 e. The molecule has 92 valence electrons. The van der Waals surface area contributed by atoms with Crippen LogP contribution in [0.4, 0.5) is 4.79 Å². The van der Waals surface area contributed by atoms with Gasteiger partial charge in [-0.1, -0.05) is 13.8 Å². The first-order chi connectivity index (χ1) is 7.25. The average molecular weight is 231 g/mol. The van der Waals surface area contributed by atoms with Crippen LogP contribution in [0.1, 0.15) is 20.8 Å². The fourth-order valence-corrected chi connectivity index (χ4v) is 1.07. The van der Waals surface area contributed by atoms with E-state index in [0.717, 1.165) is 0 Å². The highest BCUT2D eigenvalue weighted by Crippen LogP contribution is 2.02. The van der Waals surface area contributed by atoms with Crippen LogP contribution in [-0.2, 0) is 9.59 Å². The fraction of sp³-hybridized carbons (Fsp3) is 0.667. The minimum absolute atomic E-state index is 0.248. The second kappa shape index (κ2) is 5.94. The molecule has 0 heterocycles. The maximum absolute atomic E-state index is 11.5. The second-order valence-electron chi connectivity index (χ2n) is 3.80. The van der Waals surface area contributed by atoms with Gasteiger partial charge in [0.25, 0.3) is 0 Å². The number of carbonyl (C=O) groups is 3. The molecule has 0 radical (unpaired) electrons. The van der Waals surface area contributed by atoms with E-state index in [1.807, 2.05) is 0 Å². The van der Waals surface area contributed by atoms with E-state index in [1.165, 1.54) is 6.92 Å². The maximum atomic E-state index is 11.5. The summed E-state index contributed by atoms with van der Waals surface area (Å²) in [6.07, 6.45) is 0. The zero-order chi connectivity index (χ0) is 12.9. The van der Waals surface area contributed by atoms with Crippen molar-refractivity contribution in [3.05, 3.63) is 0 Å². The van der Waals surface area contributed by atoms with Crippen molar-refractivity contribution < 1.29 is 19.5 Å². The molecule has 1 unspecified atom stereocenters. The number of urea groups is 1. The van der Waals surface area contributed by atoms with Gasteiger partial charge >= 0.3 is 12.0 Å². The summed E-state index contributed by atoms with van der Waals surface area (Å²) in [5, 5.41) is 13.3. The van der Waals surface area contributed by atoms with Crippen LogP contribution in [0.2, 0.25) is 0 Å². The number of carboxylic acid groups (broad SMARTS) is 1. The van der Waals surface area contributed by atoms with Gasteiger partial charge < -0.3 is 21.5 Å². The fourth-order valence-electron chi connectivity index (χ4n) is 1.07. The number of nitrogens with two attached hydrogens (primary N) is 1. The van der Waals surface area contributed by atoms with Gasteiger partial charge in [-0.25, -0.2) is 9.59 Å². The monoisotopic (exact) mass is 231 g/mol. The molecule has 0 aromatic rings. The predicted octanol–water partition coefficient (Wildman–Crippen LogP) is -0.731. The van der Waals surface area contributed by atoms with Crippen LogP contribution in [0.15, 0.2) is 0 Å². The van der Waals surface area contributed by atoms with E-state index in [2.05, 4.69) is 10.6 Å². The van der Waals surface area contributed by atoms with Gasteiger partial charge in [0.2, 0.25) is 5.91 Å². The second-order valence-corrected chi connectivity index (χ2v) is 3.80. The van der Waals surface area contributed by atoms with Crippen molar-refractivity contribution in [2.75, 3.05) is 0 Å². The van der Waals surface area contributed by atoms with Gasteiger partial charge in [0.1, 0.15) is 12.1 Å². The molecule has 0 bridgehead atoms. The molecule has 0 aromatic heterocycles. The lowest BCUT2D eigenvalue weighted by Crippen LogP contribution is -2.52. The molecule has 0 saturated carbocycles. The molecular formula is C9H17N3O4. The van der Waals surface area contributed by atoms with E-state index >= 15 is 0 Å². The molecule has 5 N–H and O–H groups in total. The summed E-state index contributed by atoms with van der Waals surface area (Å²) in [4.78, 5) is 32.7. The van der Waals surface area contributed by atoms with E-state index in [9.17, 15) is 14.4 Å². The SMILES string of the molecule is CC(NC(N)=O)C(=O)N[C@@H](C(=O)O)C(C)C. The number of carboxylic acids is 1. The normalized spacial score (nSPS) is 14.0. The molecule has 16 heavy (non-hydrogen) atoms. The van der Waals surface area contributed by atoms with Gasteiger partial charge in [-0.2, -0.15) is 0 Å². The van der Waals surface area contributed by atoms with Crippen molar-refractivity contribution in [1.82, 2.24) is 10.6 Å². The Morgan fingerprint density at radius 2 is 1.62 bits per heavy atom. The number of aliphatic carboxylic acids is 1. The predicted molar refractivity (Wildman–Crippen MR) is 56.6 cm³/mol. The first kappa shape index (κ1) is 14.2. The minimum atomic E-state index is -1.12. The molecule has 3 amide bonds. The number of rotatable bonds is 5. The maximum Gasteiger partial charge on any atom is 0.326 e. The van der Waals surface area contributed by atoms with Crippen LogP contribution in [0.5, 0.6) is 0 Å². The third-order valence-electron chi connectivity index (χ3n) is 1.98. The van der Waals surface area contributed by atoms with Crippen LogP contribution in [0.3, 0.4) is 0 Å². The molecule has 0 aromatic carbocycles. The molecule has 0 aliphatic carbocycles. The number of carbonyl (C=O) groups excluding carboxylic acids is 2. The van der Waals surface area contributed by atoms with Gasteiger partial charge in [-0.3, -0.25) is 4.79 Å². The number of hydrogen-bond donors (Lipinski definition) is 4. The van der Waals surface area contributed by atoms with E-state index in [0.29, 0.717) is 0 Å². The van der Waals surface area contributed by atoms with Crippen molar-refractivity contribution in [3.8, 4) is 0 Å². The topological polar surface area (TPSA) is 122 Å². The van der Waals surface area contributed by atoms with Gasteiger partial charge in [0.15, 0.2) is 0 Å². The summed E-state index contributed by atoms with van der Waals surface area (Å²) in [6.45, 7) is 4.76. The van der Waals surface area contributed by atoms with Crippen molar-refractivity contribution in [2.45, 2.75) is 32.9 Å². The molecule has 7 heteroatoms. The quantitative estimate of drug-likeness (QED) is 0.498. The highest BCUT2D eigenvalue weighted by Gasteiger charge is 2.25. The van der Waals surface area contributed by atoms with Crippen molar-refractivity contribution in [2.24, 2.45) is 11.7 Å². The van der Waals surface area contributed by atoms with E-state index in [4.69, 9.17) is 10.8 Å². The third-order valence-corrected chi connectivity index (χ3v) is 1.98. The van der Waals surface area contributed by atoms with Crippen molar-refractivity contribution in [1.29, 1.82) is 0 Å². The van der Waals surface area contributed by atoms with Crippen LogP contribution in [0, 0.1) is 5.92 Å². The molecule has 0 fully saturated rings. The number of primary amides is 1. The summed E-state index contributed by atoms with van der Waals surface area (Å²) in [6, 6.07) is -2.68. The lowest BCUT2D eigenvalue weighted by Gasteiger charge is -2.20. The van der Waals surface area contributed by atoms with Gasteiger partial charge in [0, 0.05) is 0 Å². The highest BCUT2D eigenvalue weighted by molar-refractivity contribution is 5.89. The molecule has 0 spiro atoms. The molecule has 0 rings (SSSR count). The van der Waals surface area contributed by atoms with Gasteiger partial charge in [-0.15, -0.1) is 0 Å². The van der Waals surface area contributed by atoms with Crippen molar-refractivity contribution >= 4 is 17.9 Å². The Kier molecular flexibility index (Phi) is 5.27. The largest absolute Gasteiger partial charge is 0.480 e. The van der Waals surface area contributed by atoms with Gasteiger partial charge in [-0.05, 0) is 12.8 Å². The molecule has 2 atom stereocenters. The van der Waals surface area contributed by atoms with E-state index in [-0.39, 0.29) is 5.92 Å². The summed E-state index contributed by atoms with van der Waals surface area (Å²) in [5.41, 5.74) is 4.84. The molecular weight excluding hydrogens is 214 g/mol. The molecule has 0 aliphatic rings. The number of amides is 3. The van der Waals surface area contributed by atoms with Crippen LogP contribution in [0.25, 0.3) is 0 Å². The zero-order valence-electron chi connectivity index (χ0n) is 9.48. The van der Waals surface area contributed by atoms with Crippen LogP contribution in [-0.4, -0.2) is 35.1 Å². The summed E-state index contributed by atoms with van der Waals surface area (Å²) in [5.74, 6) is -1.95. The van der Waals surface area contributed by atoms with E-state index < -0.39 is 30.0 Å². The van der Waals surface area contributed by atoms with Crippen molar-refractivity contribution in [3.63, 3.8) is 0 Å². The Hall–Kier alpha value is -1.79. The Bertz CT molecular complexity index is 290. The minimum Gasteiger partial charge on any atom is -0.480 e. The first-order valence-electron chi connectivity index (χ1n) is 4.84. The summed E-state index contributed by atoms with van der Waals surface area (Å²) >= 11 is 0. The third kappa shape index (κ3) is 4.63. The standard InChI is InChI=1S/C9H17N3O4/c1-4(2)6(8(14)15)12-7(13)5(3)11-9(10)16/h4-6H,1-3H3,(H,12,13)(H,14,15)(H3,10,11,16)/t5?,6-/m1/s1.